The van der Waals surface area contributed by atoms with Crippen molar-refractivity contribution in [3.63, 3.8) is 0 Å². The Kier molecular flexibility index (Phi) is 35.2. The highest BCUT2D eigenvalue weighted by Gasteiger charge is 2.28. The number of carbonyl (C=O) groups is 1. The molecule has 6 nitrogen and oxygen atoms in total. The van der Waals surface area contributed by atoms with Crippen molar-refractivity contribution in [3.8, 4) is 0 Å². The fraction of sp³-hybridized carbons (Fsp3) is 0.878. The van der Waals surface area contributed by atoms with Gasteiger partial charge in [0, 0.05) is 0 Å². The first kappa shape index (κ1) is 45.8. The second-order valence-corrected chi connectivity index (χ2v) is 14.0. The predicted molar refractivity (Wildman–Crippen MR) is 201 cm³/mol. The third kappa shape index (κ3) is 30.6. The summed E-state index contributed by atoms with van der Waals surface area (Å²) in [5, 5.41) is 43.4. The van der Waals surface area contributed by atoms with Gasteiger partial charge in [-0.25, -0.2) is 0 Å². The van der Waals surface area contributed by atoms with E-state index >= 15 is 0 Å². The Morgan fingerprint density at radius 3 is 1.34 bits per heavy atom. The highest BCUT2D eigenvalue weighted by molar-refractivity contribution is 5.80. The molecule has 5 N–H and O–H groups in total. The third-order valence-electron chi connectivity index (χ3n) is 9.38. The van der Waals surface area contributed by atoms with E-state index in [9.17, 15) is 25.2 Å². The fourth-order valence-corrected chi connectivity index (χ4v) is 6.09. The van der Waals surface area contributed by atoms with Crippen molar-refractivity contribution in [2.24, 2.45) is 0 Å². The van der Waals surface area contributed by atoms with Gasteiger partial charge in [-0.3, -0.25) is 4.79 Å². The molecule has 0 fully saturated rings. The van der Waals surface area contributed by atoms with E-state index in [0.717, 1.165) is 57.8 Å². The molecular formula is C41H79NO5. The van der Waals surface area contributed by atoms with Crippen LogP contribution in [0.4, 0.5) is 0 Å². The monoisotopic (exact) mass is 666 g/mol. The van der Waals surface area contributed by atoms with Crippen LogP contribution in [0.5, 0.6) is 0 Å². The van der Waals surface area contributed by atoms with Gasteiger partial charge in [-0.2, -0.15) is 0 Å². The molecule has 47 heavy (non-hydrogen) atoms. The lowest BCUT2D eigenvalue weighted by atomic mass is 10.00. The van der Waals surface area contributed by atoms with E-state index in [0.29, 0.717) is 12.8 Å². The van der Waals surface area contributed by atoms with Gasteiger partial charge < -0.3 is 25.7 Å². The van der Waals surface area contributed by atoms with E-state index in [2.05, 4.69) is 43.5 Å². The van der Waals surface area contributed by atoms with E-state index in [4.69, 9.17) is 0 Å². The van der Waals surface area contributed by atoms with E-state index in [1.807, 2.05) is 0 Å². The molecule has 278 valence electrons. The zero-order valence-corrected chi connectivity index (χ0v) is 31.0. The maximum Gasteiger partial charge on any atom is 0.249 e. The lowest BCUT2D eigenvalue weighted by molar-refractivity contribution is -0.132. The average Bonchev–Trinajstić information content (AvgIpc) is 3.07. The Bertz CT molecular complexity index is 712. The van der Waals surface area contributed by atoms with Crippen LogP contribution in [-0.4, -0.2) is 57.3 Å². The van der Waals surface area contributed by atoms with E-state index < -0.39 is 36.9 Å². The smallest absolute Gasteiger partial charge is 0.249 e. The molecule has 0 aromatic carbocycles. The summed E-state index contributed by atoms with van der Waals surface area (Å²) < 4.78 is 0. The van der Waals surface area contributed by atoms with Gasteiger partial charge in [-0.1, -0.05) is 167 Å². The van der Waals surface area contributed by atoms with Gasteiger partial charge in [0.1, 0.15) is 12.2 Å². The molecule has 0 bridgehead atoms. The molecule has 0 radical (unpaired) electrons. The minimum absolute atomic E-state index is 0.348. The average molecular weight is 666 g/mol. The summed E-state index contributed by atoms with van der Waals surface area (Å²) in [4.78, 5) is 12.4. The van der Waals surface area contributed by atoms with Crippen LogP contribution in [0.25, 0.3) is 0 Å². The molecule has 0 aliphatic heterocycles. The summed E-state index contributed by atoms with van der Waals surface area (Å²) in [5.74, 6) is -0.605. The number of unbranched alkanes of at least 4 members (excludes halogenated alkanes) is 23. The summed E-state index contributed by atoms with van der Waals surface area (Å²) >= 11 is 0. The van der Waals surface area contributed by atoms with Gasteiger partial charge in [0.15, 0.2) is 0 Å². The van der Waals surface area contributed by atoms with Gasteiger partial charge in [-0.05, 0) is 57.8 Å². The second kappa shape index (κ2) is 36.1. The molecule has 0 rings (SSSR count). The minimum atomic E-state index is -1.28. The second-order valence-electron chi connectivity index (χ2n) is 14.0. The number of nitrogens with one attached hydrogen (secondary N) is 1. The van der Waals surface area contributed by atoms with Crippen LogP contribution in [0.2, 0.25) is 0 Å². The summed E-state index contributed by atoms with van der Waals surface area (Å²) in [6.07, 6.45) is 39.3. The van der Waals surface area contributed by atoms with Gasteiger partial charge >= 0.3 is 0 Å². The van der Waals surface area contributed by atoms with Crippen molar-refractivity contribution in [2.75, 3.05) is 6.61 Å². The molecule has 0 aliphatic carbocycles. The van der Waals surface area contributed by atoms with Crippen LogP contribution in [0.3, 0.4) is 0 Å². The van der Waals surface area contributed by atoms with Crippen molar-refractivity contribution in [2.45, 2.75) is 224 Å². The topological polar surface area (TPSA) is 110 Å². The number of aliphatic hydroxyl groups is 4. The normalized spacial score (nSPS) is 14.6. The Hall–Kier alpha value is -1.21. The summed E-state index contributed by atoms with van der Waals surface area (Å²) in [5.41, 5.74) is 0. The molecule has 6 heteroatoms. The van der Waals surface area contributed by atoms with E-state index in [-0.39, 0.29) is 0 Å². The van der Waals surface area contributed by atoms with Crippen LogP contribution in [0.15, 0.2) is 24.3 Å². The number of carbonyl (C=O) groups excluding carboxylic acids is 1. The van der Waals surface area contributed by atoms with Crippen molar-refractivity contribution in [1.82, 2.24) is 5.32 Å². The number of hydrogen-bond donors (Lipinski definition) is 5. The van der Waals surface area contributed by atoms with Crippen molar-refractivity contribution >= 4 is 5.91 Å². The zero-order chi connectivity index (χ0) is 34.6. The third-order valence-corrected chi connectivity index (χ3v) is 9.38. The quantitative estimate of drug-likeness (QED) is 0.0338. The number of allylic oxidation sites excluding steroid dienone is 4. The van der Waals surface area contributed by atoms with Gasteiger partial charge in [0.2, 0.25) is 5.91 Å². The Morgan fingerprint density at radius 1 is 0.511 bits per heavy atom. The molecule has 1 amide bonds. The van der Waals surface area contributed by atoms with Crippen molar-refractivity contribution < 1.29 is 25.2 Å². The summed E-state index contributed by atoms with van der Waals surface area (Å²) in [6.45, 7) is 3.98. The number of rotatable bonds is 36. The molecular weight excluding hydrogens is 586 g/mol. The molecule has 4 atom stereocenters. The molecule has 0 saturated heterocycles. The van der Waals surface area contributed by atoms with Crippen molar-refractivity contribution in [1.29, 1.82) is 0 Å². The standard InChI is InChI=1S/C41H79NO5/c1-3-5-7-9-11-13-15-16-17-18-19-20-21-22-23-24-25-27-28-30-32-34-38(44)40(46)37(36-43)42-41(47)39(45)35-33-31-29-26-14-12-10-8-6-4-2/h10,12,27-28,37-40,43-46H,3-9,11,13-26,29-36H2,1-2H3,(H,42,47)/b12-10-,28-27+. The van der Waals surface area contributed by atoms with E-state index in [1.54, 1.807) is 0 Å². The van der Waals surface area contributed by atoms with Crippen LogP contribution in [0.1, 0.15) is 200 Å². The maximum atomic E-state index is 12.4. The van der Waals surface area contributed by atoms with Gasteiger partial charge in [-0.15, -0.1) is 0 Å². The SMILES string of the molecule is CCCC/C=C\CCCCCCC(O)C(=O)NC(CO)C(O)C(O)CCC/C=C/CCCCCCCCCCCCCCCCCC. The molecule has 0 aliphatic rings. The summed E-state index contributed by atoms with van der Waals surface area (Å²) in [7, 11) is 0. The van der Waals surface area contributed by atoms with Crippen molar-refractivity contribution in [3.05, 3.63) is 24.3 Å². The first-order chi connectivity index (χ1) is 23.0. The Morgan fingerprint density at radius 2 is 0.894 bits per heavy atom. The molecule has 0 heterocycles. The number of aliphatic hydroxyl groups excluding tert-OH is 4. The Balaban J connectivity index is 3.77. The molecule has 0 saturated carbocycles. The first-order valence-electron chi connectivity index (χ1n) is 20.2. The number of hydrogen-bond acceptors (Lipinski definition) is 5. The number of amides is 1. The highest BCUT2D eigenvalue weighted by atomic mass is 16.3. The molecule has 0 spiro atoms. The fourth-order valence-electron chi connectivity index (χ4n) is 6.09. The summed E-state index contributed by atoms with van der Waals surface area (Å²) in [6, 6.07) is -1.00. The maximum absolute atomic E-state index is 12.4. The zero-order valence-electron chi connectivity index (χ0n) is 31.0. The van der Waals surface area contributed by atoms with Crippen LogP contribution < -0.4 is 5.32 Å². The van der Waals surface area contributed by atoms with Gasteiger partial charge in [0.25, 0.3) is 0 Å². The Labute approximate surface area is 291 Å². The van der Waals surface area contributed by atoms with Crippen LogP contribution in [0, 0.1) is 0 Å². The van der Waals surface area contributed by atoms with Crippen LogP contribution in [-0.2, 0) is 4.79 Å². The van der Waals surface area contributed by atoms with Gasteiger partial charge in [0.05, 0.1) is 18.8 Å². The van der Waals surface area contributed by atoms with Crippen LogP contribution >= 0.6 is 0 Å². The minimum Gasteiger partial charge on any atom is -0.394 e. The highest BCUT2D eigenvalue weighted by Crippen LogP contribution is 2.15. The lowest BCUT2D eigenvalue weighted by Crippen LogP contribution is -2.53. The molecule has 0 aromatic rings. The molecule has 4 unspecified atom stereocenters. The predicted octanol–water partition coefficient (Wildman–Crippen LogP) is 10.0. The van der Waals surface area contributed by atoms with E-state index in [1.165, 1.54) is 116 Å². The first-order valence-corrected chi connectivity index (χ1v) is 20.2. The largest absolute Gasteiger partial charge is 0.394 e. The lowest BCUT2D eigenvalue weighted by Gasteiger charge is -2.27. The molecule has 0 aromatic heterocycles.